The van der Waals surface area contributed by atoms with Crippen molar-refractivity contribution in [2.24, 2.45) is 0 Å². The predicted octanol–water partition coefficient (Wildman–Crippen LogP) is 4.43. The van der Waals surface area contributed by atoms with E-state index in [2.05, 4.69) is 21.2 Å². The number of phenolic OH excluding ortho intramolecular Hbond substituents is 1. The van der Waals surface area contributed by atoms with Crippen LogP contribution in [0.1, 0.15) is 5.56 Å². The van der Waals surface area contributed by atoms with Crippen molar-refractivity contribution >= 4 is 79.1 Å². The molecular formula is C18H12BrIN2O4S. The minimum Gasteiger partial charge on any atom is -0.507 e. The fraction of sp³-hybridized carbons (Fsp3) is 0.0556. The highest BCUT2D eigenvalue weighted by Gasteiger charge is 2.36. The number of rotatable bonds is 4. The Morgan fingerprint density at radius 1 is 1.22 bits per heavy atom. The summed E-state index contributed by atoms with van der Waals surface area (Å²) in [5.74, 6) is -0.829. The molecule has 1 fully saturated rings. The number of amides is 3. The number of thioether (sulfide) groups is 1. The van der Waals surface area contributed by atoms with Crippen molar-refractivity contribution in [3.63, 3.8) is 0 Å². The molecule has 0 unspecified atom stereocenters. The number of hydrogen-bond donors (Lipinski definition) is 2. The van der Waals surface area contributed by atoms with E-state index in [4.69, 9.17) is 0 Å². The summed E-state index contributed by atoms with van der Waals surface area (Å²) < 4.78 is 1.51. The maximum Gasteiger partial charge on any atom is 0.294 e. The van der Waals surface area contributed by atoms with Crippen LogP contribution in [0.25, 0.3) is 6.08 Å². The molecule has 9 heteroatoms. The molecule has 0 spiro atoms. The largest absolute Gasteiger partial charge is 0.507 e. The maximum atomic E-state index is 12.5. The van der Waals surface area contributed by atoms with Gasteiger partial charge in [-0.05, 0) is 82.4 Å². The van der Waals surface area contributed by atoms with Crippen molar-refractivity contribution < 1.29 is 19.5 Å². The number of phenols is 1. The molecule has 1 aliphatic heterocycles. The number of anilines is 1. The lowest BCUT2D eigenvalue weighted by Crippen LogP contribution is -2.36. The molecular weight excluding hydrogens is 547 g/mol. The summed E-state index contributed by atoms with van der Waals surface area (Å²) in [5.41, 5.74) is 1.26. The van der Waals surface area contributed by atoms with E-state index in [1.165, 1.54) is 6.07 Å². The Hall–Kier alpha value is -1.85. The van der Waals surface area contributed by atoms with Gasteiger partial charge in [-0.25, -0.2) is 0 Å². The van der Waals surface area contributed by atoms with Gasteiger partial charge in [0.15, 0.2) is 0 Å². The maximum absolute atomic E-state index is 12.5. The van der Waals surface area contributed by atoms with E-state index >= 15 is 0 Å². The first-order valence-corrected chi connectivity index (χ1v) is 10.3. The third-order valence-electron chi connectivity index (χ3n) is 3.57. The Bertz CT molecular complexity index is 962. The van der Waals surface area contributed by atoms with Crippen LogP contribution in [-0.2, 0) is 9.59 Å². The molecule has 1 aliphatic rings. The molecule has 1 heterocycles. The molecule has 0 atom stereocenters. The molecule has 2 N–H and O–H groups in total. The second-order valence-electron chi connectivity index (χ2n) is 5.53. The number of nitrogens with zero attached hydrogens (tertiary/aromatic N) is 1. The van der Waals surface area contributed by atoms with Crippen molar-refractivity contribution in [2.75, 3.05) is 11.9 Å². The van der Waals surface area contributed by atoms with Gasteiger partial charge in [0.25, 0.3) is 11.1 Å². The Balaban J connectivity index is 1.70. The number of benzene rings is 2. The zero-order valence-corrected chi connectivity index (χ0v) is 18.2. The monoisotopic (exact) mass is 558 g/mol. The number of nitrogens with one attached hydrogen (secondary N) is 1. The summed E-state index contributed by atoms with van der Waals surface area (Å²) in [6.07, 6.45) is 1.57. The highest BCUT2D eigenvalue weighted by Crippen LogP contribution is 2.33. The minimum absolute atomic E-state index is 0.144. The third-order valence-corrected chi connectivity index (χ3v) is 5.87. The first-order chi connectivity index (χ1) is 12.8. The summed E-state index contributed by atoms with van der Waals surface area (Å²) in [6.45, 7) is -0.356. The van der Waals surface area contributed by atoms with Gasteiger partial charge >= 0.3 is 0 Å². The highest BCUT2D eigenvalue weighted by atomic mass is 127. The Morgan fingerprint density at radius 3 is 2.59 bits per heavy atom. The number of imide groups is 1. The molecule has 1 saturated heterocycles. The van der Waals surface area contributed by atoms with E-state index < -0.39 is 17.1 Å². The quantitative estimate of drug-likeness (QED) is 0.428. The summed E-state index contributed by atoms with van der Waals surface area (Å²) in [7, 11) is 0. The summed E-state index contributed by atoms with van der Waals surface area (Å²) in [5, 5.41) is 11.7. The molecule has 138 valence electrons. The molecule has 0 radical (unpaired) electrons. The Kier molecular flexibility index (Phi) is 6.22. The van der Waals surface area contributed by atoms with Gasteiger partial charge < -0.3 is 10.4 Å². The van der Waals surface area contributed by atoms with Crippen LogP contribution in [0.2, 0.25) is 0 Å². The number of hydrogen-bond acceptors (Lipinski definition) is 5. The summed E-state index contributed by atoms with van der Waals surface area (Å²) in [6, 6.07) is 11.8. The van der Waals surface area contributed by atoms with E-state index in [9.17, 15) is 19.5 Å². The van der Waals surface area contributed by atoms with Crippen LogP contribution in [0.3, 0.4) is 0 Å². The fourth-order valence-electron chi connectivity index (χ4n) is 2.28. The highest BCUT2D eigenvalue weighted by molar-refractivity contribution is 14.1. The van der Waals surface area contributed by atoms with Crippen molar-refractivity contribution in [1.82, 2.24) is 4.90 Å². The standard InChI is InChI=1S/C18H12BrIN2O4S/c19-11-2-4-12(5-3-11)21-16(24)9-22-17(25)15(27-18(22)26)8-10-1-6-14(23)13(20)7-10/h1-8,23H,9H2,(H,21,24)/b15-8-. The van der Waals surface area contributed by atoms with E-state index in [1.54, 1.807) is 42.5 Å². The second kappa shape index (κ2) is 8.44. The SMILES string of the molecule is O=C(CN1C(=O)S/C(=C\c2ccc(O)c(I)c2)C1=O)Nc1ccc(Br)cc1. The zero-order chi connectivity index (χ0) is 19.6. The second-order valence-corrected chi connectivity index (χ2v) is 8.60. The molecule has 3 rings (SSSR count). The predicted molar refractivity (Wildman–Crippen MR) is 116 cm³/mol. The third kappa shape index (κ3) is 4.90. The van der Waals surface area contributed by atoms with E-state index in [-0.39, 0.29) is 17.2 Å². The molecule has 27 heavy (non-hydrogen) atoms. The van der Waals surface area contributed by atoms with Crippen LogP contribution in [0, 0.1) is 3.57 Å². The van der Waals surface area contributed by atoms with Gasteiger partial charge in [0, 0.05) is 10.2 Å². The van der Waals surface area contributed by atoms with Crippen LogP contribution >= 0.6 is 50.3 Å². The average molecular weight is 559 g/mol. The topological polar surface area (TPSA) is 86.7 Å². The lowest BCUT2D eigenvalue weighted by atomic mass is 10.2. The van der Waals surface area contributed by atoms with Gasteiger partial charge in [0.2, 0.25) is 5.91 Å². The molecule has 0 saturated carbocycles. The van der Waals surface area contributed by atoms with Crippen molar-refractivity contribution in [1.29, 1.82) is 0 Å². The van der Waals surface area contributed by atoms with Gasteiger partial charge in [0.1, 0.15) is 12.3 Å². The Labute approximate surface area is 181 Å². The van der Waals surface area contributed by atoms with Gasteiger partial charge in [-0.1, -0.05) is 22.0 Å². The number of carbonyl (C=O) groups is 3. The molecule has 0 aromatic heterocycles. The molecule has 2 aromatic rings. The van der Waals surface area contributed by atoms with E-state index in [0.29, 0.717) is 14.8 Å². The molecule has 3 amide bonds. The van der Waals surface area contributed by atoms with E-state index in [1.807, 2.05) is 22.6 Å². The first-order valence-electron chi connectivity index (χ1n) is 7.63. The molecule has 0 aliphatic carbocycles. The smallest absolute Gasteiger partial charge is 0.294 e. The van der Waals surface area contributed by atoms with Gasteiger partial charge in [-0.3, -0.25) is 19.3 Å². The van der Waals surface area contributed by atoms with Crippen molar-refractivity contribution in [3.05, 3.63) is 61.0 Å². The van der Waals surface area contributed by atoms with Crippen LogP contribution in [0.15, 0.2) is 51.8 Å². The van der Waals surface area contributed by atoms with Gasteiger partial charge in [-0.15, -0.1) is 0 Å². The lowest BCUT2D eigenvalue weighted by Gasteiger charge is -2.12. The number of aromatic hydroxyl groups is 1. The Morgan fingerprint density at radius 2 is 1.93 bits per heavy atom. The van der Waals surface area contributed by atoms with Crippen LogP contribution in [0.5, 0.6) is 5.75 Å². The number of carbonyl (C=O) groups excluding carboxylic acids is 3. The van der Waals surface area contributed by atoms with Crippen molar-refractivity contribution in [3.8, 4) is 5.75 Å². The normalized spacial score (nSPS) is 15.5. The van der Waals surface area contributed by atoms with Gasteiger partial charge in [-0.2, -0.15) is 0 Å². The number of halogens is 2. The van der Waals surface area contributed by atoms with Crippen molar-refractivity contribution in [2.45, 2.75) is 0 Å². The van der Waals surface area contributed by atoms with Crippen LogP contribution in [-0.4, -0.2) is 33.6 Å². The zero-order valence-electron chi connectivity index (χ0n) is 13.6. The summed E-state index contributed by atoms with van der Waals surface area (Å²) >= 11 is 6.07. The molecule has 0 bridgehead atoms. The summed E-state index contributed by atoms with van der Waals surface area (Å²) in [4.78, 5) is 37.9. The molecule has 2 aromatic carbocycles. The minimum atomic E-state index is -0.515. The fourth-order valence-corrected chi connectivity index (χ4v) is 3.92. The van der Waals surface area contributed by atoms with Crippen LogP contribution < -0.4 is 5.32 Å². The molecule has 6 nitrogen and oxygen atoms in total. The van der Waals surface area contributed by atoms with Crippen LogP contribution in [0.4, 0.5) is 10.5 Å². The first kappa shape index (κ1) is 19.9. The lowest BCUT2D eigenvalue weighted by molar-refractivity contribution is -0.127. The van der Waals surface area contributed by atoms with Gasteiger partial charge in [0.05, 0.1) is 8.48 Å². The average Bonchev–Trinajstić information content (AvgIpc) is 2.87. The van der Waals surface area contributed by atoms with E-state index in [0.717, 1.165) is 21.1 Å².